The number of nitrogens with one attached hydrogen (secondary N) is 1. The van der Waals surface area contributed by atoms with E-state index in [9.17, 15) is 14.7 Å². The number of hydrogen-bond acceptors (Lipinski definition) is 3. The number of carbonyl (C=O) groups excluding carboxylic acids is 2. The molecule has 4 heteroatoms. The number of aromatic nitrogens is 1. The quantitative estimate of drug-likeness (QED) is 0.738. The number of H-pyrrole nitrogens is 1. The van der Waals surface area contributed by atoms with Crippen molar-refractivity contribution in [3.05, 3.63) is 71.4 Å². The van der Waals surface area contributed by atoms with Crippen LogP contribution in [0, 0.1) is 0 Å². The second kappa shape index (κ2) is 5.25. The molecule has 104 valence electrons. The van der Waals surface area contributed by atoms with E-state index >= 15 is 0 Å². The smallest absolute Gasteiger partial charge is 0.209 e. The van der Waals surface area contributed by atoms with Crippen LogP contribution in [0.4, 0.5) is 0 Å². The van der Waals surface area contributed by atoms with E-state index in [0.717, 1.165) is 10.9 Å². The fraction of sp³-hybridized carbons (Fsp3) is 0.0588. The summed E-state index contributed by atoms with van der Waals surface area (Å²) in [6.45, 7) is 0. The van der Waals surface area contributed by atoms with E-state index in [1.807, 2.05) is 24.3 Å². The Hall–Kier alpha value is -2.88. The highest BCUT2D eigenvalue weighted by Gasteiger charge is 2.18. The number of aromatic amines is 1. The Labute approximate surface area is 121 Å². The van der Waals surface area contributed by atoms with Crippen LogP contribution in [0.5, 0.6) is 0 Å². The van der Waals surface area contributed by atoms with Gasteiger partial charge in [0.1, 0.15) is 0 Å². The van der Waals surface area contributed by atoms with Crippen molar-refractivity contribution in [1.82, 2.24) is 4.98 Å². The molecule has 0 aliphatic heterocycles. The lowest BCUT2D eigenvalue weighted by molar-refractivity contribution is -0.304. The zero-order chi connectivity index (χ0) is 14.8. The van der Waals surface area contributed by atoms with Crippen molar-refractivity contribution in [3.63, 3.8) is 0 Å². The fourth-order valence-corrected chi connectivity index (χ4v) is 2.46. The van der Waals surface area contributed by atoms with Crippen molar-refractivity contribution < 1.29 is 14.7 Å². The molecule has 1 heterocycles. The van der Waals surface area contributed by atoms with Crippen LogP contribution in [0.2, 0.25) is 0 Å². The average molecular weight is 278 g/mol. The maximum atomic E-state index is 12.6. The van der Waals surface area contributed by atoms with Crippen LogP contribution in [0.25, 0.3) is 10.9 Å². The summed E-state index contributed by atoms with van der Waals surface area (Å²) >= 11 is 0. The van der Waals surface area contributed by atoms with Crippen molar-refractivity contribution >= 4 is 22.7 Å². The third-order valence-corrected chi connectivity index (χ3v) is 3.40. The van der Waals surface area contributed by atoms with E-state index in [0.29, 0.717) is 16.8 Å². The van der Waals surface area contributed by atoms with Gasteiger partial charge >= 0.3 is 0 Å². The number of carboxylic acids is 1. The highest BCUT2D eigenvalue weighted by molar-refractivity contribution is 6.12. The van der Waals surface area contributed by atoms with Crippen LogP contribution in [-0.2, 0) is 11.2 Å². The van der Waals surface area contributed by atoms with Crippen LogP contribution < -0.4 is 5.11 Å². The van der Waals surface area contributed by atoms with Gasteiger partial charge in [-0.1, -0.05) is 48.5 Å². The number of carbonyl (C=O) groups is 2. The van der Waals surface area contributed by atoms with Crippen LogP contribution in [0.15, 0.2) is 54.6 Å². The third kappa shape index (κ3) is 2.43. The zero-order valence-electron chi connectivity index (χ0n) is 11.1. The molecule has 4 nitrogen and oxygen atoms in total. The van der Waals surface area contributed by atoms with E-state index in [2.05, 4.69) is 4.98 Å². The van der Waals surface area contributed by atoms with Gasteiger partial charge in [0.2, 0.25) is 5.78 Å². The predicted octanol–water partition coefficient (Wildman–Crippen LogP) is 1.69. The summed E-state index contributed by atoms with van der Waals surface area (Å²) in [5, 5.41) is 11.7. The largest absolute Gasteiger partial charge is 0.550 e. The number of benzene rings is 2. The number of carboxylic acid groups (broad SMARTS) is 1. The van der Waals surface area contributed by atoms with Gasteiger partial charge in [-0.2, -0.15) is 0 Å². The van der Waals surface area contributed by atoms with Crippen molar-refractivity contribution in [2.45, 2.75) is 6.42 Å². The van der Waals surface area contributed by atoms with E-state index in [-0.39, 0.29) is 12.2 Å². The molecule has 1 N–H and O–H groups in total. The number of ketones is 1. The number of hydrogen-bond donors (Lipinski definition) is 1. The van der Waals surface area contributed by atoms with Gasteiger partial charge in [0.25, 0.3) is 0 Å². The Bertz CT molecular complexity index is 818. The Balaban J connectivity index is 2.17. The molecule has 0 aliphatic carbocycles. The van der Waals surface area contributed by atoms with Crippen molar-refractivity contribution in [1.29, 1.82) is 0 Å². The second-order valence-electron chi connectivity index (χ2n) is 4.77. The van der Waals surface area contributed by atoms with Crippen molar-refractivity contribution in [2.24, 2.45) is 0 Å². The summed E-state index contributed by atoms with van der Waals surface area (Å²) in [7, 11) is 0. The summed E-state index contributed by atoms with van der Waals surface area (Å²) in [6.07, 6.45) is -0.294. The Morgan fingerprint density at radius 3 is 2.33 bits per heavy atom. The van der Waals surface area contributed by atoms with Crippen LogP contribution in [0.3, 0.4) is 0 Å². The molecule has 1 aromatic heterocycles. The lowest BCUT2D eigenvalue weighted by Crippen LogP contribution is -2.25. The maximum absolute atomic E-state index is 12.6. The summed E-state index contributed by atoms with van der Waals surface area (Å²) in [5.41, 5.74) is 2.04. The van der Waals surface area contributed by atoms with Gasteiger partial charge in [0.15, 0.2) is 0 Å². The molecule has 0 unspecified atom stereocenters. The molecule has 21 heavy (non-hydrogen) atoms. The molecular weight excluding hydrogens is 266 g/mol. The first-order valence-electron chi connectivity index (χ1n) is 6.56. The van der Waals surface area contributed by atoms with Gasteiger partial charge in [-0.05, 0) is 11.6 Å². The monoisotopic (exact) mass is 278 g/mol. The normalized spacial score (nSPS) is 10.7. The molecular formula is C17H12NO3-. The molecule has 0 bridgehead atoms. The predicted molar refractivity (Wildman–Crippen MR) is 76.9 cm³/mol. The molecule has 0 saturated heterocycles. The number of para-hydroxylation sites is 1. The first kappa shape index (κ1) is 13.1. The third-order valence-electron chi connectivity index (χ3n) is 3.40. The van der Waals surface area contributed by atoms with Crippen LogP contribution in [0.1, 0.15) is 21.6 Å². The second-order valence-corrected chi connectivity index (χ2v) is 4.77. The van der Waals surface area contributed by atoms with E-state index in [4.69, 9.17) is 0 Å². The molecule has 2 aromatic carbocycles. The fourth-order valence-electron chi connectivity index (χ4n) is 2.46. The van der Waals surface area contributed by atoms with Gasteiger partial charge in [0.05, 0.1) is 5.69 Å². The number of rotatable bonds is 4. The molecule has 3 aromatic rings. The minimum absolute atomic E-state index is 0.219. The molecule has 0 saturated carbocycles. The summed E-state index contributed by atoms with van der Waals surface area (Å²) in [4.78, 5) is 26.6. The number of fused-ring (bicyclic) bond motifs is 1. The van der Waals surface area contributed by atoms with Gasteiger partial charge in [-0.25, -0.2) is 0 Å². The van der Waals surface area contributed by atoms with Gasteiger partial charge in [-0.3, -0.25) is 4.79 Å². The zero-order valence-corrected chi connectivity index (χ0v) is 11.1. The van der Waals surface area contributed by atoms with E-state index in [1.165, 1.54) is 0 Å². The molecule has 0 fully saturated rings. The van der Waals surface area contributed by atoms with Crippen LogP contribution >= 0.6 is 0 Å². The lowest BCUT2D eigenvalue weighted by Gasteiger charge is -2.05. The first-order chi connectivity index (χ1) is 10.2. The Kier molecular flexibility index (Phi) is 3.28. The minimum Gasteiger partial charge on any atom is -0.550 e. The average Bonchev–Trinajstić information content (AvgIpc) is 2.86. The Morgan fingerprint density at radius 1 is 0.952 bits per heavy atom. The molecule has 0 spiro atoms. The Morgan fingerprint density at radius 2 is 1.62 bits per heavy atom. The highest BCUT2D eigenvalue weighted by atomic mass is 16.4. The van der Waals surface area contributed by atoms with E-state index < -0.39 is 5.97 Å². The summed E-state index contributed by atoms with van der Waals surface area (Å²) < 4.78 is 0. The topological polar surface area (TPSA) is 73.0 Å². The van der Waals surface area contributed by atoms with Crippen LogP contribution in [-0.4, -0.2) is 16.7 Å². The summed E-state index contributed by atoms with van der Waals surface area (Å²) in [5.74, 6) is -1.43. The number of aliphatic carboxylic acids is 1. The minimum atomic E-state index is -1.21. The van der Waals surface area contributed by atoms with Crippen molar-refractivity contribution in [2.75, 3.05) is 0 Å². The molecule has 0 atom stereocenters. The van der Waals surface area contributed by atoms with Gasteiger partial charge < -0.3 is 14.9 Å². The molecule has 0 amide bonds. The van der Waals surface area contributed by atoms with Crippen molar-refractivity contribution in [3.8, 4) is 0 Å². The molecule has 3 rings (SSSR count). The molecule has 0 radical (unpaired) electrons. The standard InChI is InChI=1S/C17H13NO3/c19-15(20)10-13-12-8-4-5-9-14(12)18-16(13)17(21)11-6-2-1-3-7-11/h1-9,18H,10H2,(H,19,20)/p-1. The van der Waals surface area contributed by atoms with E-state index in [1.54, 1.807) is 30.3 Å². The summed E-state index contributed by atoms with van der Waals surface area (Å²) in [6, 6.07) is 16.0. The first-order valence-corrected chi connectivity index (χ1v) is 6.56. The maximum Gasteiger partial charge on any atom is 0.209 e. The van der Waals surface area contributed by atoms with Gasteiger partial charge in [-0.15, -0.1) is 0 Å². The lowest BCUT2D eigenvalue weighted by atomic mass is 10.0. The SMILES string of the molecule is O=C([O-])Cc1c(C(=O)c2ccccc2)[nH]c2ccccc12. The van der Waals surface area contributed by atoms with Gasteiger partial charge in [0, 0.05) is 28.9 Å². The highest BCUT2D eigenvalue weighted by Crippen LogP contribution is 2.24. The molecule has 0 aliphatic rings.